The summed E-state index contributed by atoms with van der Waals surface area (Å²) >= 11 is 3.06. The number of thioether (sulfide) groups is 1. The first kappa shape index (κ1) is 19.2. The quantitative estimate of drug-likeness (QED) is 0.475. The van der Waals surface area contributed by atoms with Crippen molar-refractivity contribution in [3.63, 3.8) is 0 Å². The summed E-state index contributed by atoms with van der Waals surface area (Å²) in [7, 11) is 0. The summed E-state index contributed by atoms with van der Waals surface area (Å²) in [5, 5.41) is 4.62. The Balaban J connectivity index is 1.49. The summed E-state index contributed by atoms with van der Waals surface area (Å²) in [4.78, 5) is 24.0. The molecule has 3 aromatic rings. The number of benzene rings is 1. The van der Waals surface area contributed by atoms with Gasteiger partial charge in [-0.2, -0.15) is 0 Å². The summed E-state index contributed by atoms with van der Waals surface area (Å²) in [5.41, 5.74) is 11.8. The Morgan fingerprint density at radius 3 is 2.64 bits per heavy atom. The third-order valence-corrected chi connectivity index (χ3v) is 7.13. The Hall–Kier alpha value is -2.12. The highest BCUT2D eigenvalue weighted by Crippen LogP contribution is 2.38. The van der Waals surface area contributed by atoms with Gasteiger partial charge in [0.05, 0.1) is 11.1 Å². The summed E-state index contributed by atoms with van der Waals surface area (Å²) in [5.74, 6) is 0.730. The van der Waals surface area contributed by atoms with Crippen LogP contribution < -0.4 is 11.1 Å². The third kappa shape index (κ3) is 3.73. The molecule has 0 aliphatic heterocycles. The summed E-state index contributed by atoms with van der Waals surface area (Å²) < 4.78 is 0. The lowest BCUT2D eigenvalue weighted by atomic mass is 9.97. The van der Waals surface area contributed by atoms with Crippen molar-refractivity contribution in [2.24, 2.45) is 0 Å². The first-order chi connectivity index (χ1) is 13.4. The molecule has 28 heavy (non-hydrogen) atoms. The topological polar surface area (TPSA) is 80.9 Å². The molecule has 1 amide bonds. The van der Waals surface area contributed by atoms with Crippen LogP contribution in [0.4, 0.5) is 11.5 Å². The normalized spacial score (nSPS) is 13.5. The van der Waals surface area contributed by atoms with Crippen molar-refractivity contribution in [2.45, 2.75) is 51.6 Å². The van der Waals surface area contributed by atoms with Gasteiger partial charge in [-0.15, -0.1) is 11.3 Å². The number of rotatable bonds is 4. The molecule has 1 aliphatic carbocycles. The lowest BCUT2D eigenvalue weighted by Crippen LogP contribution is -2.16. The van der Waals surface area contributed by atoms with Crippen LogP contribution in [0.2, 0.25) is 0 Å². The number of nitrogens with one attached hydrogen (secondary N) is 1. The number of fused-ring (bicyclic) bond motifs is 3. The molecule has 0 unspecified atom stereocenters. The van der Waals surface area contributed by atoms with Gasteiger partial charge in [-0.05, 0) is 63.1 Å². The number of thiophene rings is 1. The van der Waals surface area contributed by atoms with E-state index in [4.69, 9.17) is 5.73 Å². The van der Waals surface area contributed by atoms with Gasteiger partial charge in [-0.25, -0.2) is 9.97 Å². The molecule has 0 fully saturated rings. The molecule has 5 nitrogen and oxygen atoms in total. The maximum absolute atomic E-state index is 12.5. The monoisotopic (exact) mass is 412 g/mol. The van der Waals surface area contributed by atoms with E-state index >= 15 is 0 Å². The smallest absolute Gasteiger partial charge is 0.234 e. The van der Waals surface area contributed by atoms with Crippen LogP contribution in [0.5, 0.6) is 0 Å². The molecule has 0 atom stereocenters. The number of carbonyl (C=O) groups excluding carboxylic acids is 1. The number of amides is 1. The summed E-state index contributed by atoms with van der Waals surface area (Å²) in [6.07, 6.45) is 4.60. The highest BCUT2D eigenvalue weighted by atomic mass is 32.2. The second kappa shape index (κ2) is 7.72. The number of anilines is 2. The maximum atomic E-state index is 12.5. The van der Waals surface area contributed by atoms with E-state index in [2.05, 4.69) is 34.3 Å². The summed E-state index contributed by atoms with van der Waals surface area (Å²) in [6.45, 7) is 6.08. The second-order valence-corrected chi connectivity index (χ2v) is 9.42. The Labute approximate surface area is 173 Å². The minimum absolute atomic E-state index is 0.0622. The fourth-order valence-corrected chi connectivity index (χ4v) is 5.89. The number of nitrogen functional groups attached to an aromatic ring is 1. The van der Waals surface area contributed by atoms with Crippen molar-refractivity contribution >= 4 is 50.7 Å². The Bertz CT molecular complexity index is 1050. The van der Waals surface area contributed by atoms with E-state index in [9.17, 15) is 4.79 Å². The van der Waals surface area contributed by atoms with Crippen LogP contribution in [0.15, 0.2) is 17.3 Å². The average molecular weight is 413 g/mol. The SMILES string of the molecule is Cc1cc(C)c(NC(=O)CSc2nc(N)c3c4c(sc3n2)CCCC4)c(C)c1. The van der Waals surface area contributed by atoms with Crippen molar-refractivity contribution in [3.05, 3.63) is 39.3 Å². The van der Waals surface area contributed by atoms with E-state index in [1.54, 1.807) is 11.3 Å². The molecule has 4 rings (SSSR count). The van der Waals surface area contributed by atoms with E-state index in [0.29, 0.717) is 11.0 Å². The highest BCUT2D eigenvalue weighted by Gasteiger charge is 2.20. The van der Waals surface area contributed by atoms with Gasteiger partial charge in [-0.1, -0.05) is 29.5 Å². The summed E-state index contributed by atoms with van der Waals surface area (Å²) in [6, 6.07) is 4.15. The third-order valence-electron chi connectivity index (χ3n) is 5.10. The molecule has 0 radical (unpaired) electrons. The first-order valence-corrected chi connectivity index (χ1v) is 11.3. The molecule has 2 heterocycles. The van der Waals surface area contributed by atoms with Gasteiger partial charge in [0.2, 0.25) is 5.91 Å². The van der Waals surface area contributed by atoms with Crippen LogP contribution in [-0.4, -0.2) is 21.6 Å². The van der Waals surface area contributed by atoms with Gasteiger partial charge in [0, 0.05) is 10.6 Å². The molecule has 1 aliphatic rings. The van der Waals surface area contributed by atoms with Crippen LogP contribution in [0.25, 0.3) is 10.2 Å². The zero-order valence-electron chi connectivity index (χ0n) is 16.4. The highest BCUT2D eigenvalue weighted by molar-refractivity contribution is 7.99. The maximum Gasteiger partial charge on any atom is 0.234 e. The van der Waals surface area contributed by atoms with Crippen LogP contribution in [0.3, 0.4) is 0 Å². The molecular weight excluding hydrogens is 388 g/mol. The number of carbonyl (C=O) groups is 1. The molecule has 3 N–H and O–H groups in total. The molecule has 146 valence electrons. The lowest BCUT2D eigenvalue weighted by molar-refractivity contribution is -0.113. The molecule has 0 saturated carbocycles. The van der Waals surface area contributed by atoms with Gasteiger partial charge in [0.1, 0.15) is 10.6 Å². The molecule has 0 bridgehead atoms. The van der Waals surface area contributed by atoms with Crippen LogP contribution in [0, 0.1) is 20.8 Å². The van der Waals surface area contributed by atoms with E-state index in [1.165, 1.54) is 40.6 Å². The Morgan fingerprint density at radius 2 is 1.89 bits per heavy atom. The van der Waals surface area contributed by atoms with Crippen molar-refractivity contribution in [2.75, 3.05) is 16.8 Å². The van der Waals surface area contributed by atoms with Crippen molar-refractivity contribution < 1.29 is 4.79 Å². The van der Waals surface area contributed by atoms with Crippen LogP contribution in [-0.2, 0) is 17.6 Å². The van der Waals surface area contributed by atoms with E-state index in [-0.39, 0.29) is 11.7 Å². The zero-order valence-corrected chi connectivity index (χ0v) is 18.0. The lowest BCUT2D eigenvalue weighted by Gasteiger charge is -2.12. The number of hydrogen-bond donors (Lipinski definition) is 2. The minimum atomic E-state index is -0.0622. The van der Waals surface area contributed by atoms with E-state index in [1.807, 2.05) is 13.8 Å². The van der Waals surface area contributed by atoms with Gasteiger partial charge in [0.25, 0.3) is 0 Å². The van der Waals surface area contributed by atoms with Gasteiger partial charge in [0.15, 0.2) is 5.16 Å². The number of aromatic nitrogens is 2. The molecule has 1 aromatic carbocycles. The van der Waals surface area contributed by atoms with E-state index in [0.717, 1.165) is 39.9 Å². The van der Waals surface area contributed by atoms with Crippen LogP contribution in [0.1, 0.15) is 40.0 Å². The van der Waals surface area contributed by atoms with Crippen LogP contribution >= 0.6 is 23.1 Å². The molecule has 7 heteroatoms. The molecule has 0 saturated heterocycles. The van der Waals surface area contributed by atoms with Gasteiger partial charge < -0.3 is 11.1 Å². The largest absolute Gasteiger partial charge is 0.383 e. The van der Waals surface area contributed by atoms with Crippen molar-refractivity contribution in [1.82, 2.24) is 9.97 Å². The predicted molar refractivity (Wildman–Crippen MR) is 118 cm³/mol. The minimum Gasteiger partial charge on any atom is -0.383 e. The molecule has 2 aromatic heterocycles. The molecular formula is C21H24N4OS2. The Morgan fingerprint density at radius 1 is 1.18 bits per heavy atom. The number of hydrogen-bond acceptors (Lipinski definition) is 6. The molecule has 0 spiro atoms. The Kier molecular flexibility index (Phi) is 5.29. The fourth-order valence-electron chi connectivity index (χ4n) is 3.91. The van der Waals surface area contributed by atoms with Crippen molar-refractivity contribution in [3.8, 4) is 0 Å². The van der Waals surface area contributed by atoms with Crippen molar-refractivity contribution in [1.29, 1.82) is 0 Å². The van der Waals surface area contributed by atoms with E-state index < -0.39 is 0 Å². The number of nitrogens with zero attached hydrogens (tertiary/aromatic N) is 2. The standard InChI is InChI=1S/C21H24N4OS2/c1-11-8-12(2)18(13(3)9-11)23-16(26)10-27-21-24-19(22)17-14-6-4-5-7-15(14)28-20(17)25-21/h8-9H,4-7,10H2,1-3H3,(H,23,26)(H2,22,24,25). The average Bonchev–Trinajstić information content (AvgIpc) is 3.01. The van der Waals surface area contributed by atoms with Gasteiger partial charge in [-0.3, -0.25) is 4.79 Å². The van der Waals surface area contributed by atoms with Gasteiger partial charge >= 0.3 is 0 Å². The second-order valence-electron chi connectivity index (χ2n) is 7.39. The first-order valence-electron chi connectivity index (χ1n) is 9.50. The zero-order chi connectivity index (χ0) is 19.8. The predicted octanol–water partition coefficient (Wildman–Crippen LogP) is 4.81. The fraction of sp³-hybridized carbons (Fsp3) is 0.381. The number of nitrogens with two attached hydrogens (primary N) is 1. The number of aryl methyl sites for hydroxylation is 5.